The molecule has 0 amide bonds. The molecule has 1 N–H and O–H groups in total. The summed E-state index contributed by atoms with van der Waals surface area (Å²) < 4.78 is 5.52. The molecular weight excluding hydrogens is 198 g/mol. The lowest BCUT2D eigenvalue weighted by Gasteiger charge is -2.06. The summed E-state index contributed by atoms with van der Waals surface area (Å²) in [6.45, 7) is 8.47. The third kappa shape index (κ3) is 4.99. The highest BCUT2D eigenvalue weighted by molar-refractivity contribution is 5.27. The van der Waals surface area contributed by atoms with Gasteiger partial charge in [-0.05, 0) is 37.1 Å². The molecule has 0 aromatic heterocycles. The summed E-state index contributed by atoms with van der Waals surface area (Å²) in [7, 11) is 0. The number of ether oxygens (including phenoxy) is 1. The first-order chi connectivity index (χ1) is 7.86. The Morgan fingerprint density at radius 3 is 2.69 bits per heavy atom. The smallest absolute Gasteiger partial charge is 0.119 e. The van der Waals surface area contributed by atoms with Gasteiger partial charge in [0.2, 0.25) is 0 Å². The summed E-state index contributed by atoms with van der Waals surface area (Å²) in [5.74, 6) is 0.955. The number of hydrogen-bond acceptors (Lipinski definition) is 2. The van der Waals surface area contributed by atoms with E-state index in [1.807, 2.05) is 18.2 Å². The second-order valence-corrected chi connectivity index (χ2v) is 3.75. The quantitative estimate of drug-likeness (QED) is 0.535. The average molecular weight is 219 g/mol. The summed E-state index contributed by atoms with van der Waals surface area (Å²) >= 11 is 0. The van der Waals surface area contributed by atoms with E-state index in [2.05, 4.69) is 31.0 Å². The van der Waals surface area contributed by atoms with Crippen molar-refractivity contribution in [3.63, 3.8) is 0 Å². The molecule has 0 aliphatic rings. The van der Waals surface area contributed by atoms with Gasteiger partial charge in [-0.3, -0.25) is 0 Å². The zero-order valence-corrected chi connectivity index (χ0v) is 10.0. The normalized spacial score (nSPS) is 10.1. The molecular formula is C14H21NO. The lowest BCUT2D eigenvalue weighted by Crippen LogP contribution is -2.13. The van der Waals surface area contributed by atoms with Crippen LogP contribution in [0.25, 0.3) is 0 Å². The Morgan fingerprint density at radius 1 is 1.31 bits per heavy atom. The van der Waals surface area contributed by atoms with Crippen LogP contribution in [0.5, 0.6) is 5.75 Å². The number of benzene rings is 1. The molecule has 0 saturated carbocycles. The molecule has 0 atom stereocenters. The molecule has 1 aromatic carbocycles. The van der Waals surface area contributed by atoms with E-state index >= 15 is 0 Å². The molecule has 0 saturated heterocycles. The first-order valence-corrected chi connectivity index (χ1v) is 5.90. The molecule has 0 heterocycles. The fourth-order valence-corrected chi connectivity index (χ4v) is 1.36. The van der Waals surface area contributed by atoms with Crippen LogP contribution < -0.4 is 10.1 Å². The van der Waals surface area contributed by atoms with Crippen molar-refractivity contribution in [2.24, 2.45) is 0 Å². The van der Waals surface area contributed by atoms with Crippen LogP contribution in [0, 0.1) is 0 Å². The maximum Gasteiger partial charge on any atom is 0.119 e. The average Bonchev–Trinajstić information content (AvgIpc) is 2.33. The molecule has 2 heteroatoms. The van der Waals surface area contributed by atoms with E-state index in [-0.39, 0.29) is 0 Å². The summed E-state index contributed by atoms with van der Waals surface area (Å²) in [6, 6.07) is 8.26. The van der Waals surface area contributed by atoms with Gasteiger partial charge in [0, 0.05) is 6.54 Å². The minimum Gasteiger partial charge on any atom is -0.494 e. The van der Waals surface area contributed by atoms with Crippen LogP contribution in [0.2, 0.25) is 0 Å². The van der Waals surface area contributed by atoms with Crippen molar-refractivity contribution < 1.29 is 4.74 Å². The van der Waals surface area contributed by atoms with E-state index in [1.54, 1.807) is 0 Å². The summed E-state index contributed by atoms with van der Waals surface area (Å²) in [4.78, 5) is 0. The molecule has 1 aromatic rings. The second-order valence-electron chi connectivity index (χ2n) is 3.75. The third-order valence-corrected chi connectivity index (χ3v) is 2.25. The second kappa shape index (κ2) is 7.94. The summed E-state index contributed by atoms with van der Waals surface area (Å²) in [6.07, 6.45) is 3.98. The molecule has 0 radical (unpaired) electrons. The highest BCUT2D eigenvalue weighted by Gasteiger charge is 1.94. The Labute approximate surface area is 98.3 Å². The SMILES string of the molecule is C=CCCNCc1ccc(OCCC)cc1. The van der Waals surface area contributed by atoms with E-state index in [0.29, 0.717) is 0 Å². The van der Waals surface area contributed by atoms with Gasteiger partial charge in [-0.15, -0.1) is 6.58 Å². The molecule has 0 spiro atoms. The first kappa shape index (κ1) is 12.8. The van der Waals surface area contributed by atoms with Crippen LogP contribution in [-0.2, 0) is 6.54 Å². The minimum absolute atomic E-state index is 0.789. The van der Waals surface area contributed by atoms with Gasteiger partial charge >= 0.3 is 0 Å². The topological polar surface area (TPSA) is 21.3 Å². The Balaban J connectivity index is 2.30. The molecule has 0 aliphatic carbocycles. The van der Waals surface area contributed by atoms with Crippen LogP contribution in [0.3, 0.4) is 0 Å². The predicted octanol–water partition coefficient (Wildman–Crippen LogP) is 3.14. The lowest BCUT2D eigenvalue weighted by molar-refractivity contribution is 0.317. The van der Waals surface area contributed by atoms with Gasteiger partial charge in [-0.1, -0.05) is 25.1 Å². The molecule has 88 valence electrons. The zero-order valence-electron chi connectivity index (χ0n) is 10.0. The minimum atomic E-state index is 0.789. The van der Waals surface area contributed by atoms with Gasteiger partial charge in [0.15, 0.2) is 0 Å². The Bertz CT molecular complexity index is 292. The van der Waals surface area contributed by atoms with E-state index in [9.17, 15) is 0 Å². The highest BCUT2D eigenvalue weighted by Crippen LogP contribution is 2.12. The molecule has 1 rings (SSSR count). The zero-order chi connectivity index (χ0) is 11.6. The van der Waals surface area contributed by atoms with Crippen LogP contribution in [-0.4, -0.2) is 13.2 Å². The van der Waals surface area contributed by atoms with Gasteiger partial charge in [0.1, 0.15) is 5.75 Å². The van der Waals surface area contributed by atoms with Gasteiger partial charge in [-0.2, -0.15) is 0 Å². The largest absolute Gasteiger partial charge is 0.494 e. The molecule has 0 bridgehead atoms. The van der Waals surface area contributed by atoms with Crippen molar-refractivity contribution in [1.82, 2.24) is 5.32 Å². The van der Waals surface area contributed by atoms with E-state index in [4.69, 9.17) is 4.74 Å². The van der Waals surface area contributed by atoms with Gasteiger partial charge in [0.05, 0.1) is 6.61 Å². The number of hydrogen-bond donors (Lipinski definition) is 1. The van der Waals surface area contributed by atoms with E-state index < -0.39 is 0 Å². The molecule has 2 nitrogen and oxygen atoms in total. The standard InChI is InChI=1S/C14H21NO/c1-3-5-10-15-12-13-6-8-14(9-7-13)16-11-4-2/h3,6-9,15H,1,4-5,10-12H2,2H3. The van der Waals surface area contributed by atoms with E-state index in [0.717, 1.165) is 38.3 Å². The Hall–Kier alpha value is -1.28. The van der Waals surface area contributed by atoms with Crippen LogP contribution >= 0.6 is 0 Å². The Kier molecular flexibility index (Phi) is 6.35. The number of nitrogens with one attached hydrogen (secondary N) is 1. The van der Waals surface area contributed by atoms with Crippen molar-refractivity contribution in [3.8, 4) is 5.75 Å². The fourth-order valence-electron chi connectivity index (χ4n) is 1.36. The first-order valence-electron chi connectivity index (χ1n) is 5.90. The molecule has 0 unspecified atom stereocenters. The molecule has 0 fully saturated rings. The summed E-state index contributed by atoms with van der Waals surface area (Å²) in [5.41, 5.74) is 1.29. The van der Waals surface area contributed by atoms with E-state index in [1.165, 1.54) is 5.56 Å². The van der Waals surface area contributed by atoms with Gasteiger partial charge in [0.25, 0.3) is 0 Å². The maximum atomic E-state index is 5.52. The molecule has 0 aliphatic heterocycles. The number of rotatable bonds is 8. The van der Waals surface area contributed by atoms with Crippen LogP contribution in [0.4, 0.5) is 0 Å². The highest BCUT2D eigenvalue weighted by atomic mass is 16.5. The van der Waals surface area contributed by atoms with Crippen molar-refractivity contribution in [2.45, 2.75) is 26.3 Å². The summed E-state index contributed by atoms with van der Waals surface area (Å²) in [5, 5.41) is 3.35. The van der Waals surface area contributed by atoms with Crippen molar-refractivity contribution >= 4 is 0 Å². The Morgan fingerprint density at radius 2 is 2.06 bits per heavy atom. The molecule has 16 heavy (non-hydrogen) atoms. The van der Waals surface area contributed by atoms with Crippen molar-refractivity contribution in [3.05, 3.63) is 42.5 Å². The van der Waals surface area contributed by atoms with Crippen LogP contribution in [0.15, 0.2) is 36.9 Å². The van der Waals surface area contributed by atoms with Gasteiger partial charge < -0.3 is 10.1 Å². The fraction of sp³-hybridized carbons (Fsp3) is 0.429. The third-order valence-electron chi connectivity index (χ3n) is 2.25. The van der Waals surface area contributed by atoms with Crippen molar-refractivity contribution in [1.29, 1.82) is 0 Å². The predicted molar refractivity (Wildman–Crippen MR) is 68.7 cm³/mol. The monoisotopic (exact) mass is 219 g/mol. The van der Waals surface area contributed by atoms with Crippen LogP contribution in [0.1, 0.15) is 25.3 Å². The van der Waals surface area contributed by atoms with Crippen molar-refractivity contribution in [2.75, 3.05) is 13.2 Å². The maximum absolute atomic E-state index is 5.52. The van der Waals surface area contributed by atoms with Gasteiger partial charge in [-0.25, -0.2) is 0 Å². The lowest BCUT2D eigenvalue weighted by atomic mass is 10.2.